The quantitative estimate of drug-likeness (QED) is 0.760. The third-order valence-corrected chi connectivity index (χ3v) is 6.10. The zero-order chi connectivity index (χ0) is 17.4. The van der Waals surface area contributed by atoms with Gasteiger partial charge in [0.1, 0.15) is 11.4 Å². The van der Waals surface area contributed by atoms with Crippen LogP contribution in [0.2, 0.25) is 0 Å². The number of quaternary nitrogens is 1. The molecule has 0 saturated carbocycles. The van der Waals surface area contributed by atoms with Crippen LogP contribution in [0.15, 0.2) is 29.1 Å². The van der Waals surface area contributed by atoms with E-state index in [2.05, 4.69) is 43.1 Å². The maximum absolute atomic E-state index is 12.8. The number of nitrogens with zero attached hydrogens (tertiary/aromatic N) is 1. The Kier molecular flexibility index (Phi) is 4.44. The van der Waals surface area contributed by atoms with Crippen molar-refractivity contribution in [3.63, 3.8) is 0 Å². The highest BCUT2D eigenvalue weighted by Crippen LogP contribution is 2.35. The number of H-pyrrole nitrogens is 1. The van der Waals surface area contributed by atoms with Gasteiger partial charge in [0.05, 0.1) is 18.5 Å². The number of aryl methyl sites for hydroxylation is 2. The molecule has 4 rings (SSSR count). The van der Waals surface area contributed by atoms with Crippen molar-refractivity contribution >= 4 is 21.6 Å². The molecular formula is C20H24N3OS+. The second-order valence-electron chi connectivity index (χ2n) is 7.08. The number of aromatic amines is 1. The Morgan fingerprint density at radius 1 is 1.12 bits per heavy atom. The molecule has 130 valence electrons. The van der Waals surface area contributed by atoms with Crippen LogP contribution < -0.4 is 10.5 Å². The Labute approximate surface area is 151 Å². The molecule has 4 nitrogen and oxygen atoms in total. The maximum Gasteiger partial charge on any atom is 0.260 e. The van der Waals surface area contributed by atoms with Gasteiger partial charge in [-0.25, -0.2) is 4.98 Å². The molecule has 5 heteroatoms. The summed E-state index contributed by atoms with van der Waals surface area (Å²) in [5.74, 6) is 0.825. The van der Waals surface area contributed by atoms with Gasteiger partial charge in [-0.2, -0.15) is 0 Å². The Morgan fingerprint density at radius 3 is 2.56 bits per heavy atom. The maximum atomic E-state index is 12.8. The molecule has 0 spiro atoms. The average molecular weight is 354 g/mol. The molecule has 0 amide bonds. The largest absolute Gasteiger partial charge is 0.329 e. The van der Waals surface area contributed by atoms with Crippen LogP contribution in [-0.4, -0.2) is 23.1 Å². The number of benzene rings is 1. The highest BCUT2D eigenvalue weighted by atomic mass is 32.1. The van der Waals surface area contributed by atoms with Crippen molar-refractivity contribution in [2.45, 2.75) is 39.7 Å². The van der Waals surface area contributed by atoms with Crippen LogP contribution in [-0.2, 0) is 6.54 Å². The van der Waals surface area contributed by atoms with E-state index in [1.807, 2.05) is 0 Å². The molecule has 1 aliphatic heterocycles. The first kappa shape index (κ1) is 16.5. The minimum Gasteiger partial charge on any atom is -0.329 e. The van der Waals surface area contributed by atoms with Gasteiger partial charge in [0, 0.05) is 10.4 Å². The van der Waals surface area contributed by atoms with Gasteiger partial charge in [0.15, 0.2) is 5.82 Å². The zero-order valence-electron chi connectivity index (χ0n) is 14.8. The van der Waals surface area contributed by atoms with Crippen molar-refractivity contribution < 1.29 is 4.90 Å². The number of thiophene rings is 1. The zero-order valence-corrected chi connectivity index (χ0v) is 15.6. The Hall–Kier alpha value is -1.98. The number of aromatic nitrogens is 2. The molecule has 3 heterocycles. The van der Waals surface area contributed by atoms with E-state index in [1.54, 1.807) is 11.3 Å². The average Bonchev–Trinajstić information content (AvgIpc) is 2.93. The molecule has 0 unspecified atom stereocenters. The topological polar surface area (TPSA) is 50.2 Å². The second kappa shape index (κ2) is 6.73. The summed E-state index contributed by atoms with van der Waals surface area (Å²) < 4.78 is 0. The predicted molar refractivity (Wildman–Crippen MR) is 103 cm³/mol. The molecule has 0 radical (unpaired) electrons. The molecule has 3 aromatic rings. The number of piperidine rings is 1. The number of likely N-dealkylation sites (tertiary alicyclic amines) is 1. The van der Waals surface area contributed by atoms with Crippen molar-refractivity contribution in [3.8, 4) is 11.1 Å². The van der Waals surface area contributed by atoms with Gasteiger partial charge in [0.25, 0.3) is 5.56 Å². The highest BCUT2D eigenvalue weighted by Gasteiger charge is 2.19. The highest BCUT2D eigenvalue weighted by molar-refractivity contribution is 7.19. The molecule has 2 N–H and O–H groups in total. The number of rotatable bonds is 3. The van der Waals surface area contributed by atoms with E-state index in [1.165, 1.54) is 42.8 Å². The van der Waals surface area contributed by atoms with Gasteiger partial charge in [-0.1, -0.05) is 29.8 Å². The Bertz CT molecular complexity index is 949. The van der Waals surface area contributed by atoms with E-state index in [0.717, 1.165) is 38.6 Å². The van der Waals surface area contributed by atoms with Gasteiger partial charge in [-0.3, -0.25) is 4.79 Å². The monoisotopic (exact) mass is 354 g/mol. The molecule has 1 fully saturated rings. The van der Waals surface area contributed by atoms with Gasteiger partial charge >= 0.3 is 0 Å². The molecule has 2 aromatic heterocycles. The van der Waals surface area contributed by atoms with Gasteiger partial charge in [0.2, 0.25) is 0 Å². The smallest absolute Gasteiger partial charge is 0.260 e. The fourth-order valence-corrected chi connectivity index (χ4v) is 4.85. The van der Waals surface area contributed by atoms with E-state index >= 15 is 0 Å². The summed E-state index contributed by atoms with van der Waals surface area (Å²) in [5, 5.41) is 0.740. The van der Waals surface area contributed by atoms with Crippen molar-refractivity contribution in [3.05, 3.63) is 50.9 Å². The summed E-state index contributed by atoms with van der Waals surface area (Å²) in [7, 11) is 0. The minimum atomic E-state index is -0.00339. The fraction of sp³-hybridized carbons (Fsp3) is 0.400. The summed E-state index contributed by atoms with van der Waals surface area (Å²) in [5.41, 5.74) is 3.35. The molecule has 0 aliphatic carbocycles. The lowest BCUT2D eigenvalue weighted by atomic mass is 10.0. The molecule has 1 aliphatic rings. The molecule has 0 bridgehead atoms. The van der Waals surface area contributed by atoms with Crippen LogP contribution in [0.5, 0.6) is 0 Å². The summed E-state index contributed by atoms with van der Waals surface area (Å²) >= 11 is 1.63. The van der Waals surface area contributed by atoms with Crippen LogP contribution in [0.3, 0.4) is 0 Å². The molecular weight excluding hydrogens is 330 g/mol. The number of nitrogens with one attached hydrogen (secondary N) is 2. The van der Waals surface area contributed by atoms with Crippen LogP contribution in [0.1, 0.15) is 35.5 Å². The van der Waals surface area contributed by atoms with Crippen LogP contribution in [0, 0.1) is 13.8 Å². The first-order valence-corrected chi connectivity index (χ1v) is 9.86. The molecule has 25 heavy (non-hydrogen) atoms. The predicted octanol–water partition coefficient (Wildman–Crippen LogP) is 2.84. The minimum absolute atomic E-state index is 0.00339. The normalized spacial score (nSPS) is 15.8. The molecule has 1 aromatic carbocycles. The third-order valence-electron chi connectivity index (χ3n) is 5.11. The van der Waals surface area contributed by atoms with Crippen LogP contribution >= 0.6 is 11.3 Å². The Balaban J connectivity index is 1.75. The van der Waals surface area contributed by atoms with E-state index in [-0.39, 0.29) is 5.56 Å². The Morgan fingerprint density at radius 2 is 1.84 bits per heavy atom. The summed E-state index contributed by atoms with van der Waals surface area (Å²) in [6.45, 7) is 7.34. The van der Waals surface area contributed by atoms with Crippen molar-refractivity contribution in [2.24, 2.45) is 0 Å². The second-order valence-corrected chi connectivity index (χ2v) is 8.28. The summed E-state index contributed by atoms with van der Waals surface area (Å²) in [6.07, 6.45) is 3.88. The standard InChI is InChI=1S/C20H23N3OS/c1-13-6-8-15(9-7-13)17-14(2)25-20-18(17)19(24)21-16(22-20)12-23-10-4-3-5-11-23/h6-9H,3-5,10-12H2,1-2H3,(H,21,22,24)/p+1. The lowest BCUT2D eigenvalue weighted by molar-refractivity contribution is -0.919. The summed E-state index contributed by atoms with van der Waals surface area (Å²) in [4.78, 5) is 24.2. The van der Waals surface area contributed by atoms with E-state index in [9.17, 15) is 4.79 Å². The van der Waals surface area contributed by atoms with Crippen molar-refractivity contribution in [1.29, 1.82) is 0 Å². The van der Waals surface area contributed by atoms with Gasteiger partial charge in [-0.15, -0.1) is 11.3 Å². The first-order valence-electron chi connectivity index (χ1n) is 9.05. The number of hydrogen-bond acceptors (Lipinski definition) is 3. The van der Waals surface area contributed by atoms with Crippen molar-refractivity contribution in [2.75, 3.05) is 13.1 Å². The van der Waals surface area contributed by atoms with Crippen LogP contribution in [0.4, 0.5) is 0 Å². The van der Waals surface area contributed by atoms with Gasteiger partial charge < -0.3 is 9.88 Å². The lowest BCUT2D eigenvalue weighted by Crippen LogP contribution is -3.11. The SMILES string of the molecule is Cc1ccc(-c2c(C)sc3nc(C[NH+]4CCCCC4)[nH]c(=O)c23)cc1. The van der Waals surface area contributed by atoms with E-state index < -0.39 is 0 Å². The third kappa shape index (κ3) is 3.26. The first-order chi connectivity index (χ1) is 12.1. The van der Waals surface area contributed by atoms with Crippen molar-refractivity contribution in [1.82, 2.24) is 9.97 Å². The van der Waals surface area contributed by atoms with Crippen LogP contribution in [0.25, 0.3) is 21.3 Å². The summed E-state index contributed by atoms with van der Waals surface area (Å²) in [6, 6.07) is 8.37. The fourth-order valence-electron chi connectivity index (χ4n) is 3.78. The van der Waals surface area contributed by atoms with Gasteiger partial charge in [-0.05, 0) is 38.7 Å². The molecule has 1 saturated heterocycles. The molecule has 0 atom stereocenters. The number of hydrogen-bond donors (Lipinski definition) is 2. The number of fused-ring (bicyclic) bond motifs is 1. The van der Waals surface area contributed by atoms with E-state index in [0.29, 0.717) is 0 Å². The lowest BCUT2D eigenvalue weighted by Gasteiger charge is -2.22. The van der Waals surface area contributed by atoms with E-state index in [4.69, 9.17) is 4.98 Å².